The second-order valence-corrected chi connectivity index (χ2v) is 13.1. The fourth-order valence-electron chi connectivity index (χ4n) is 8.59. The van der Waals surface area contributed by atoms with Crippen molar-refractivity contribution in [2.45, 2.75) is 97.6 Å². The molecule has 1 spiro atoms. The Balaban J connectivity index is 1.79. The number of methoxy groups -OCH3 is 1. The maximum Gasteiger partial charge on any atom is 0.306 e. The highest BCUT2D eigenvalue weighted by Crippen LogP contribution is 2.78. The van der Waals surface area contributed by atoms with E-state index in [-0.39, 0.29) is 42.5 Å². The van der Waals surface area contributed by atoms with E-state index < -0.39 is 45.9 Å². The van der Waals surface area contributed by atoms with Crippen LogP contribution in [0.15, 0.2) is 35.5 Å². The summed E-state index contributed by atoms with van der Waals surface area (Å²) < 4.78 is 11.5. The number of epoxide rings is 1. The number of carboxylic acid groups (broad SMARTS) is 1. The van der Waals surface area contributed by atoms with Gasteiger partial charge in [-0.05, 0) is 68.4 Å². The van der Waals surface area contributed by atoms with Crippen LogP contribution in [0, 0.1) is 34.0 Å². The number of carboxylic acids is 1. The largest absolute Gasteiger partial charge is 0.481 e. The molecule has 4 rings (SSSR count). The van der Waals surface area contributed by atoms with E-state index in [2.05, 4.69) is 13.5 Å². The van der Waals surface area contributed by atoms with Crippen LogP contribution < -0.4 is 0 Å². The Labute approximate surface area is 231 Å². The van der Waals surface area contributed by atoms with E-state index >= 15 is 0 Å². The molecule has 3 N–H and O–H groups in total. The molecule has 0 aromatic heterocycles. The van der Waals surface area contributed by atoms with E-state index in [1.807, 2.05) is 27.7 Å². The summed E-state index contributed by atoms with van der Waals surface area (Å²) in [6.07, 6.45) is 3.06. The van der Waals surface area contributed by atoms with Gasteiger partial charge in [0.05, 0.1) is 31.3 Å². The van der Waals surface area contributed by atoms with Gasteiger partial charge in [0, 0.05) is 17.3 Å². The van der Waals surface area contributed by atoms with Gasteiger partial charge in [-0.3, -0.25) is 14.4 Å². The zero-order valence-corrected chi connectivity index (χ0v) is 24.2. The zero-order valence-electron chi connectivity index (χ0n) is 24.2. The number of carbonyl (C=O) groups excluding carboxylic acids is 2. The third-order valence-electron chi connectivity index (χ3n) is 11.1. The number of aliphatic carboxylic acids is 1. The van der Waals surface area contributed by atoms with Gasteiger partial charge >= 0.3 is 11.9 Å². The van der Waals surface area contributed by atoms with Crippen LogP contribution in [-0.4, -0.2) is 64.1 Å². The Bertz CT molecular complexity index is 1150. The standard InChI is InChI=1S/C31H44O8/c1-16(2)20-14-25-31(39-25)22(28(20,5)10-9-26(35)38-8)15-23(33)29(6)21(13-24(34)30(29,31)7)17(3)11-19(32)12-18(4)27(36)37/h11,15,18-21,24-25,32,34H,1,9-10,12-14H2,2-8H3,(H,36,37)/b17-11-/t18?,19?,20?,21-,24-,25+,28+,29+,30-,31+/m1/s1. The van der Waals surface area contributed by atoms with Crippen LogP contribution in [-0.2, 0) is 23.9 Å². The lowest BCUT2D eigenvalue weighted by Crippen LogP contribution is -2.63. The van der Waals surface area contributed by atoms with Gasteiger partial charge in [0.25, 0.3) is 0 Å². The predicted molar refractivity (Wildman–Crippen MR) is 144 cm³/mol. The van der Waals surface area contributed by atoms with Gasteiger partial charge in [-0.15, -0.1) is 0 Å². The fourth-order valence-corrected chi connectivity index (χ4v) is 8.59. The molecule has 0 radical (unpaired) electrons. The number of esters is 1. The third-order valence-corrected chi connectivity index (χ3v) is 11.1. The number of aliphatic hydroxyl groups is 2. The maximum atomic E-state index is 14.3. The van der Waals surface area contributed by atoms with E-state index in [9.17, 15) is 29.7 Å². The van der Waals surface area contributed by atoms with Crippen LogP contribution in [0.5, 0.6) is 0 Å². The van der Waals surface area contributed by atoms with Crippen LogP contribution >= 0.6 is 0 Å². The third kappa shape index (κ3) is 4.00. The summed E-state index contributed by atoms with van der Waals surface area (Å²) in [5, 5.41) is 31.6. The van der Waals surface area contributed by atoms with Crippen molar-refractivity contribution in [3.05, 3.63) is 35.5 Å². The molecule has 0 amide bonds. The monoisotopic (exact) mass is 544 g/mol. The number of allylic oxidation sites excluding steroid dienone is 3. The highest BCUT2D eigenvalue weighted by molar-refractivity contribution is 5.99. The van der Waals surface area contributed by atoms with Crippen LogP contribution in [0.25, 0.3) is 0 Å². The molecule has 4 aliphatic rings. The zero-order chi connectivity index (χ0) is 29.3. The van der Waals surface area contributed by atoms with Gasteiger partial charge in [0.1, 0.15) is 5.60 Å². The molecule has 39 heavy (non-hydrogen) atoms. The Morgan fingerprint density at radius 1 is 1.23 bits per heavy atom. The smallest absolute Gasteiger partial charge is 0.306 e. The van der Waals surface area contributed by atoms with Gasteiger partial charge in [0.2, 0.25) is 0 Å². The summed E-state index contributed by atoms with van der Waals surface area (Å²) in [5.41, 5.74) is -0.833. The molecule has 1 aliphatic heterocycles. The van der Waals surface area contributed by atoms with E-state index in [0.717, 1.165) is 16.7 Å². The molecule has 216 valence electrons. The van der Waals surface area contributed by atoms with Gasteiger partial charge in [0.15, 0.2) is 5.78 Å². The number of fused-ring (bicyclic) bond motifs is 1. The Morgan fingerprint density at radius 2 is 1.87 bits per heavy atom. The summed E-state index contributed by atoms with van der Waals surface area (Å²) in [5.74, 6) is -2.48. The van der Waals surface area contributed by atoms with Crippen LogP contribution in [0.3, 0.4) is 0 Å². The summed E-state index contributed by atoms with van der Waals surface area (Å²) >= 11 is 0. The molecule has 8 nitrogen and oxygen atoms in total. The molecular formula is C31H44O8. The van der Waals surface area contributed by atoms with Gasteiger partial charge < -0.3 is 24.8 Å². The van der Waals surface area contributed by atoms with Gasteiger partial charge in [-0.2, -0.15) is 0 Å². The molecule has 1 saturated heterocycles. The number of rotatable bonds is 9. The van der Waals surface area contributed by atoms with Crippen molar-refractivity contribution in [2.24, 2.45) is 34.0 Å². The van der Waals surface area contributed by atoms with Crippen molar-refractivity contribution < 1.29 is 39.2 Å². The fraction of sp³-hybridized carbons (Fsp3) is 0.710. The molecule has 8 heteroatoms. The molecule has 0 bridgehead atoms. The molecule has 0 aromatic carbocycles. The highest BCUT2D eigenvalue weighted by atomic mass is 16.6. The number of ether oxygens (including phenoxy) is 2. The van der Waals surface area contributed by atoms with Crippen molar-refractivity contribution in [2.75, 3.05) is 7.11 Å². The molecule has 3 unspecified atom stereocenters. The summed E-state index contributed by atoms with van der Waals surface area (Å²) in [4.78, 5) is 37.7. The first kappa shape index (κ1) is 29.7. The van der Waals surface area contributed by atoms with E-state index in [1.165, 1.54) is 7.11 Å². The van der Waals surface area contributed by atoms with Crippen molar-refractivity contribution in [3.8, 4) is 0 Å². The van der Waals surface area contributed by atoms with Crippen LogP contribution in [0.1, 0.15) is 73.6 Å². The molecule has 3 aliphatic carbocycles. The van der Waals surface area contributed by atoms with E-state index in [1.54, 1.807) is 19.1 Å². The average molecular weight is 545 g/mol. The van der Waals surface area contributed by atoms with E-state index in [0.29, 0.717) is 19.3 Å². The first-order valence-corrected chi connectivity index (χ1v) is 14.0. The van der Waals surface area contributed by atoms with Gasteiger partial charge in [-0.1, -0.05) is 51.5 Å². The number of aliphatic hydroxyl groups excluding tert-OH is 2. The summed E-state index contributed by atoms with van der Waals surface area (Å²) in [6.45, 7) is 15.5. The van der Waals surface area contributed by atoms with Crippen LogP contribution in [0.2, 0.25) is 0 Å². The Kier molecular flexibility index (Phi) is 7.36. The normalized spacial score (nSPS) is 42.4. The minimum Gasteiger partial charge on any atom is -0.481 e. The Hall–Kier alpha value is -2.29. The van der Waals surface area contributed by atoms with Crippen molar-refractivity contribution in [1.82, 2.24) is 0 Å². The van der Waals surface area contributed by atoms with Gasteiger partial charge in [-0.25, -0.2) is 0 Å². The lowest BCUT2D eigenvalue weighted by Gasteiger charge is -2.57. The lowest BCUT2D eigenvalue weighted by molar-refractivity contribution is -0.144. The second kappa shape index (κ2) is 9.67. The van der Waals surface area contributed by atoms with Crippen molar-refractivity contribution in [1.29, 1.82) is 0 Å². The molecule has 10 atom stereocenters. The van der Waals surface area contributed by atoms with Crippen molar-refractivity contribution >= 4 is 17.7 Å². The minimum absolute atomic E-state index is 0.00265. The average Bonchev–Trinajstić information content (AvgIpc) is 3.54. The Morgan fingerprint density at radius 3 is 2.44 bits per heavy atom. The number of ketones is 1. The lowest BCUT2D eigenvalue weighted by atomic mass is 9.43. The molecule has 1 heterocycles. The second-order valence-electron chi connectivity index (χ2n) is 13.1. The highest BCUT2D eigenvalue weighted by Gasteiger charge is 2.84. The molecular weight excluding hydrogens is 500 g/mol. The predicted octanol–water partition coefficient (Wildman–Crippen LogP) is 4.00. The quantitative estimate of drug-likeness (QED) is 0.225. The minimum atomic E-state index is -1.01. The first-order valence-electron chi connectivity index (χ1n) is 14.0. The summed E-state index contributed by atoms with van der Waals surface area (Å²) in [7, 11) is 1.36. The molecule has 0 aromatic rings. The van der Waals surface area contributed by atoms with Crippen LogP contribution in [0.4, 0.5) is 0 Å². The first-order chi connectivity index (χ1) is 18.0. The number of hydrogen-bond donors (Lipinski definition) is 3. The summed E-state index contributed by atoms with van der Waals surface area (Å²) in [6, 6.07) is 0. The maximum absolute atomic E-state index is 14.3. The number of carbonyl (C=O) groups is 3. The molecule has 3 fully saturated rings. The SMILES string of the molecule is C=C(C)C1C[C@@H]2O[C@@]23C(=CC(=O)[C@]2(C)[C@@H](/C(C)=C\C(O)CC(C)C(=O)O)C[C@@H](O)[C@]23C)[C@@]1(C)CCC(=O)OC. The van der Waals surface area contributed by atoms with Crippen molar-refractivity contribution in [3.63, 3.8) is 0 Å². The topological polar surface area (TPSA) is 134 Å². The van der Waals surface area contributed by atoms with E-state index in [4.69, 9.17) is 9.47 Å². The molecule has 2 saturated carbocycles. The number of hydrogen-bond acceptors (Lipinski definition) is 7.